The first-order valence-electron chi connectivity index (χ1n) is 6.25. The number of ether oxygens (including phenoxy) is 1. The van der Waals surface area contributed by atoms with Gasteiger partial charge in [-0.05, 0) is 25.7 Å². The zero-order valence-electron chi connectivity index (χ0n) is 10.7. The van der Waals surface area contributed by atoms with Crippen LogP contribution in [0.4, 0.5) is 0 Å². The highest BCUT2D eigenvalue weighted by Gasteiger charge is 2.06. The molecule has 0 fully saturated rings. The lowest BCUT2D eigenvalue weighted by molar-refractivity contribution is -0.148. The van der Waals surface area contributed by atoms with Crippen LogP contribution in [0.15, 0.2) is 0 Å². The third kappa shape index (κ3) is 9.77. The number of carbonyl (C=O) groups excluding carboxylic acids is 1. The Balaban J connectivity index is 3.31. The van der Waals surface area contributed by atoms with E-state index < -0.39 is 0 Å². The molecule has 90 valence electrons. The van der Waals surface area contributed by atoms with E-state index in [1.54, 1.807) is 0 Å². The van der Waals surface area contributed by atoms with E-state index in [1.165, 1.54) is 12.8 Å². The molecule has 0 aliphatic heterocycles. The Morgan fingerprint density at radius 1 is 1.13 bits per heavy atom. The van der Waals surface area contributed by atoms with Crippen molar-refractivity contribution >= 4 is 5.97 Å². The smallest absolute Gasteiger partial charge is 0.306 e. The predicted molar refractivity (Wildman–Crippen MR) is 63.8 cm³/mol. The molecular formula is C13H26O2. The molecule has 0 heterocycles. The molecule has 0 saturated heterocycles. The molecule has 0 spiro atoms. The summed E-state index contributed by atoms with van der Waals surface area (Å²) < 4.78 is 5.19. The molecular weight excluding hydrogens is 188 g/mol. The minimum absolute atomic E-state index is 0.0334. The zero-order chi connectivity index (χ0) is 11.7. The van der Waals surface area contributed by atoms with Crippen LogP contribution in [0, 0.1) is 5.92 Å². The molecule has 0 rings (SSSR count). The monoisotopic (exact) mass is 214 g/mol. The van der Waals surface area contributed by atoms with Gasteiger partial charge >= 0.3 is 5.97 Å². The Kier molecular flexibility index (Phi) is 8.44. The molecule has 0 aromatic carbocycles. The SMILES string of the molecule is CCC(C)OC(=O)CCCCCC(C)C. The predicted octanol–water partition coefficient (Wildman–Crippen LogP) is 3.93. The maximum absolute atomic E-state index is 11.3. The van der Waals surface area contributed by atoms with Crippen molar-refractivity contribution in [3.63, 3.8) is 0 Å². The van der Waals surface area contributed by atoms with Crippen LogP contribution in [0.1, 0.15) is 66.2 Å². The van der Waals surface area contributed by atoms with Gasteiger partial charge in [0.15, 0.2) is 0 Å². The van der Waals surface area contributed by atoms with Crippen molar-refractivity contribution in [3.8, 4) is 0 Å². The van der Waals surface area contributed by atoms with E-state index in [0.717, 1.165) is 25.2 Å². The van der Waals surface area contributed by atoms with Crippen molar-refractivity contribution in [2.24, 2.45) is 5.92 Å². The van der Waals surface area contributed by atoms with Crippen LogP contribution in [-0.2, 0) is 9.53 Å². The number of rotatable bonds is 8. The van der Waals surface area contributed by atoms with Gasteiger partial charge in [-0.15, -0.1) is 0 Å². The highest BCUT2D eigenvalue weighted by atomic mass is 16.5. The molecule has 0 aliphatic rings. The van der Waals surface area contributed by atoms with Gasteiger partial charge in [0, 0.05) is 6.42 Å². The first-order chi connectivity index (χ1) is 7.06. The second-order valence-corrected chi connectivity index (χ2v) is 4.70. The lowest BCUT2D eigenvalue weighted by Crippen LogP contribution is -2.13. The van der Waals surface area contributed by atoms with Crippen LogP contribution in [-0.4, -0.2) is 12.1 Å². The van der Waals surface area contributed by atoms with Crippen LogP contribution in [0.5, 0.6) is 0 Å². The van der Waals surface area contributed by atoms with E-state index in [1.807, 2.05) is 13.8 Å². The Labute approximate surface area is 94.4 Å². The molecule has 2 heteroatoms. The fourth-order valence-corrected chi connectivity index (χ4v) is 1.37. The topological polar surface area (TPSA) is 26.3 Å². The van der Waals surface area contributed by atoms with Gasteiger partial charge in [-0.25, -0.2) is 0 Å². The van der Waals surface area contributed by atoms with E-state index in [0.29, 0.717) is 6.42 Å². The summed E-state index contributed by atoms with van der Waals surface area (Å²) in [5, 5.41) is 0. The molecule has 0 aromatic rings. The second kappa shape index (κ2) is 8.75. The van der Waals surface area contributed by atoms with Crippen LogP contribution in [0.2, 0.25) is 0 Å². The molecule has 2 nitrogen and oxygen atoms in total. The number of carbonyl (C=O) groups is 1. The van der Waals surface area contributed by atoms with E-state index in [9.17, 15) is 4.79 Å². The lowest BCUT2D eigenvalue weighted by Gasteiger charge is -2.10. The summed E-state index contributed by atoms with van der Waals surface area (Å²) in [6.45, 7) is 8.44. The van der Waals surface area contributed by atoms with Crippen LogP contribution >= 0.6 is 0 Å². The van der Waals surface area contributed by atoms with Gasteiger partial charge in [-0.3, -0.25) is 4.79 Å². The minimum atomic E-state index is -0.0334. The molecule has 15 heavy (non-hydrogen) atoms. The zero-order valence-corrected chi connectivity index (χ0v) is 10.7. The lowest BCUT2D eigenvalue weighted by atomic mass is 10.0. The summed E-state index contributed by atoms with van der Waals surface area (Å²) in [5.41, 5.74) is 0. The molecule has 0 N–H and O–H groups in total. The van der Waals surface area contributed by atoms with Crippen molar-refractivity contribution in [2.75, 3.05) is 0 Å². The third-order valence-electron chi connectivity index (χ3n) is 2.57. The number of unbranched alkanes of at least 4 members (excludes halogenated alkanes) is 2. The van der Waals surface area contributed by atoms with Crippen LogP contribution < -0.4 is 0 Å². The first-order valence-corrected chi connectivity index (χ1v) is 6.25. The first kappa shape index (κ1) is 14.5. The summed E-state index contributed by atoms with van der Waals surface area (Å²) in [6, 6.07) is 0. The largest absolute Gasteiger partial charge is 0.463 e. The Morgan fingerprint density at radius 3 is 2.33 bits per heavy atom. The number of esters is 1. The van der Waals surface area contributed by atoms with Crippen molar-refractivity contribution in [1.82, 2.24) is 0 Å². The van der Waals surface area contributed by atoms with Crippen molar-refractivity contribution < 1.29 is 9.53 Å². The molecule has 1 atom stereocenters. The van der Waals surface area contributed by atoms with E-state index in [-0.39, 0.29) is 12.1 Å². The Bertz CT molecular complexity index is 164. The second-order valence-electron chi connectivity index (χ2n) is 4.70. The Morgan fingerprint density at radius 2 is 1.80 bits per heavy atom. The summed E-state index contributed by atoms with van der Waals surface area (Å²) in [4.78, 5) is 11.3. The van der Waals surface area contributed by atoms with Gasteiger partial charge in [0.25, 0.3) is 0 Å². The molecule has 0 amide bonds. The van der Waals surface area contributed by atoms with Crippen LogP contribution in [0.3, 0.4) is 0 Å². The highest BCUT2D eigenvalue weighted by molar-refractivity contribution is 5.69. The summed E-state index contributed by atoms with van der Waals surface area (Å²) in [7, 11) is 0. The number of hydrogen-bond acceptors (Lipinski definition) is 2. The van der Waals surface area contributed by atoms with Gasteiger partial charge in [-0.2, -0.15) is 0 Å². The molecule has 1 unspecified atom stereocenters. The fourth-order valence-electron chi connectivity index (χ4n) is 1.37. The summed E-state index contributed by atoms with van der Waals surface area (Å²) >= 11 is 0. The quantitative estimate of drug-likeness (QED) is 0.452. The normalized spacial score (nSPS) is 12.9. The summed E-state index contributed by atoms with van der Waals surface area (Å²) in [6.07, 6.45) is 6.18. The molecule has 0 aliphatic carbocycles. The average molecular weight is 214 g/mol. The molecule has 0 radical (unpaired) electrons. The summed E-state index contributed by atoms with van der Waals surface area (Å²) in [5.74, 6) is 0.742. The van der Waals surface area contributed by atoms with Crippen molar-refractivity contribution in [1.29, 1.82) is 0 Å². The van der Waals surface area contributed by atoms with E-state index in [4.69, 9.17) is 4.74 Å². The maximum atomic E-state index is 11.3. The fraction of sp³-hybridized carbons (Fsp3) is 0.923. The van der Waals surface area contributed by atoms with Gasteiger partial charge in [0.2, 0.25) is 0 Å². The standard InChI is InChI=1S/C13H26O2/c1-5-12(4)15-13(14)10-8-6-7-9-11(2)3/h11-12H,5-10H2,1-4H3. The Hall–Kier alpha value is -0.530. The van der Waals surface area contributed by atoms with E-state index >= 15 is 0 Å². The maximum Gasteiger partial charge on any atom is 0.306 e. The van der Waals surface area contributed by atoms with Gasteiger partial charge in [0.1, 0.15) is 0 Å². The van der Waals surface area contributed by atoms with Crippen LogP contribution in [0.25, 0.3) is 0 Å². The molecule has 0 saturated carbocycles. The number of hydrogen-bond donors (Lipinski definition) is 0. The van der Waals surface area contributed by atoms with Gasteiger partial charge in [-0.1, -0.05) is 40.0 Å². The van der Waals surface area contributed by atoms with Gasteiger partial charge in [0.05, 0.1) is 6.10 Å². The average Bonchev–Trinajstić information content (AvgIpc) is 2.16. The van der Waals surface area contributed by atoms with E-state index in [2.05, 4.69) is 13.8 Å². The highest BCUT2D eigenvalue weighted by Crippen LogP contribution is 2.10. The molecule has 0 aromatic heterocycles. The third-order valence-corrected chi connectivity index (χ3v) is 2.57. The van der Waals surface area contributed by atoms with Crippen molar-refractivity contribution in [3.05, 3.63) is 0 Å². The van der Waals surface area contributed by atoms with Gasteiger partial charge < -0.3 is 4.74 Å². The minimum Gasteiger partial charge on any atom is -0.463 e. The van der Waals surface area contributed by atoms with Crippen molar-refractivity contribution in [2.45, 2.75) is 72.3 Å². The molecule has 0 bridgehead atoms.